The molecule has 60 valence electrons. The Balaban J connectivity index is 2.32. The Hall–Kier alpha value is -0.160. The van der Waals surface area contributed by atoms with Crippen LogP contribution in [0.2, 0.25) is 0 Å². The lowest BCUT2D eigenvalue weighted by molar-refractivity contribution is -0.130. The van der Waals surface area contributed by atoms with Crippen molar-refractivity contribution in [2.75, 3.05) is 6.54 Å². The van der Waals surface area contributed by atoms with Crippen molar-refractivity contribution < 1.29 is 15.3 Å². The summed E-state index contributed by atoms with van der Waals surface area (Å²) in [7, 11) is 0. The molecular formula is C6H13NO3. The summed E-state index contributed by atoms with van der Waals surface area (Å²) in [4.78, 5) is 0. The lowest BCUT2D eigenvalue weighted by atomic mass is 10.1. The molecule has 0 aliphatic carbocycles. The zero-order chi connectivity index (χ0) is 7.56. The van der Waals surface area contributed by atoms with Crippen molar-refractivity contribution >= 4 is 0 Å². The van der Waals surface area contributed by atoms with Crippen LogP contribution in [0.25, 0.3) is 0 Å². The molecule has 0 aromatic heterocycles. The van der Waals surface area contributed by atoms with E-state index in [0.717, 1.165) is 19.4 Å². The number of hydrogen-bond donors (Lipinski definition) is 4. The molecule has 1 aliphatic heterocycles. The van der Waals surface area contributed by atoms with Gasteiger partial charge in [-0.05, 0) is 19.4 Å². The number of aliphatic hydroxyl groups excluding tert-OH is 2. The lowest BCUT2D eigenvalue weighted by Crippen LogP contribution is -2.42. The van der Waals surface area contributed by atoms with Crippen LogP contribution >= 0.6 is 0 Å². The third-order valence-electron chi connectivity index (χ3n) is 1.82. The van der Waals surface area contributed by atoms with E-state index in [-0.39, 0.29) is 6.04 Å². The quantitative estimate of drug-likeness (QED) is 0.355. The third kappa shape index (κ3) is 1.67. The average molecular weight is 147 g/mol. The average Bonchev–Trinajstić information content (AvgIpc) is 2.36. The molecule has 0 spiro atoms. The molecule has 0 radical (unpaired) electrons. The van der Waals surface area contributed by atoms with Crippen LogP contribution in [0.5, 0.6) is 0 Å². The van der Waals surface area contributed by atoms with Gasteiger partial charge in [0.1, 0.15) is 6.10 Å². The van der Waals surface area contributed by atoms with E-state index in [1.165, 1.54) is 0 Å². The second-order valence-corrected chi connectivity index (χ2v) is 2.61. The Bertz CT molecular complexity index is 101. The summed E-state index contributed by atoms with van der Waals surface area (Å²) in [6.07, 6.45) is -0.842. The molecule has 4 nitrogen and oxygen atoms in total. The highest BCUT2D eigenvalue weighted by Gasteiger charge is 2.26. The maximum Gasteiger partial charge on any atom is 0.179 e. The number of rotatable bonds is 2. The fraction of sp³-hybridized carbons (Fsp3) is 1.00. The van der Waals surface area contributed by atoms with Crippen molar-refractivity contribution in [3.63, 3.8) is 0 Å². The van der Waals surface area contributed by atoms with Crippen LogP contribution in [0.4, 0.5) is 0 Å². The third-order valence-corrected chi connectivity index (χ3v) is 1.82. The van der Waals surface area contributed by atoms with E-state index < -0.39 is 12.4 Å². The minimum absolute atomic E-state index is 0.139. The summed E-state index contributed by atoms with van der Waals surface area (Å²) < 4.78 is 0. The Morgan fingerprint density at radius 1 is 1.30 bits per heavy atom. The normalized spacial score (nSPS) is 29.4. The van der Waals surface area contributed by atoms with Crippen molar-refractivity contribution in [2.24, 2.45) is 0 Å². The van der Waals surface area contributed by atoms with Gasteiger partial charge in [-0.3, -0.25) is 0 Å². The SMILES string of the molecule is OC(O)C(O)[C@@H]1CCCN1. The van der Waals surface area contributed by atoms with Crippen LogP contribution in [0.1, 0.15) is 12.8 Å². The predicted molar refractivity (Wildman–Crippen MR) is 35.3 cm³/mol. The number of aliphatic hydroxyl groups is 3. The van der Waals surface area contributed by atoms with E-state index in [1.54, 1.807) is 0 Å². The summed E-state index contributed by atoms with van der Waals surface area (Å²) in [5, 5.41) is 29.1. The van der Waals surface area contributed by atoms with Crippen molar-refractivity contribution in [2.45, 2.75) is 31.3 Å². The minimum Gasteiger partial charge on any atom is -0.386 e. The van der Waals surface area contributed by atoms with E-state index >= 15 is 0 Å². The van der Waals surface area contributed by atoms with Gasteiger partial charge in [-0.15, -0.1) is 0 Å². The molecule has 0 bridgehead atoms. The van der Waals surface area contributed by atoms with Gasteiger partial charge < -0.3 is 20.6 Å². The molecule has 2 atom stereocenters. The van der Waals surface area contributed by atoms with Crippen molar-refractivity contribution in [3.8, 4) is 0 Å². The Morgan fingerprint density at radius 3 is 2.40 bits per heavy atom. The molecule has 0 saturated carbocycles. The van der Waals surface area contributed by atoms with Crippen LogP contribution in [-0.4, -0.2) is 40.3 Å². The maximum atomic E-state index is 9.06. The largest absolute Gasteiger partial charge is 0.386 e. The smallest absolute Gasteiger partial charge is 0.179 e. The first kappa shape index (κ1) is 7.94. The van der Waals surface area contributed by atoms with Gasteiger partial charge in [-0.25, -0.2) is 0 Å². The highest BCUT2D eigenvalue weighted by molar-refractivity contribution is 4.81. The molecule has 0 amide bonds. The summed E-state index contributed by atoms with van der Waals surface area (Å²) >= 11 is 0. The monoisotopic (exact) mass is 147 g/mol. The zero-order valence-electron chi connectivity index (χ0n) is 5.70. The molecule has 1 aliphatic rings. The van der Waals surface area contributed by atoms with Gasteiger partial charge in [0.25, 0.3) is 0 Å². The number of hydrogen-bond acceptors (Lipinski definition) is 4. The van der Waals surface area contributed by atoms with Gasteiger partial charge in [0.2, 0.25) is 0 Å². The van der Waals surface area contributed by atoms with Gasteiger partial charge in [-0.1, -0.05) is 0 Å². The van der Waals surface area contributed by atoms with Crippen LogP contribution < -0.4 is 5.32 Å². The molecule has 4 N–H and O–H groups in total. The highest BCUT2D eigenvalue weighted by atomic mass is 16.5. The Kier molecular flexibility index (Phi) is 2.62. The molecule has 1 heterocycles. The second kappa shape index (κ2) is 3.30. The lowest BCUT2D eigenvalue weighted by Gasteiger charge is -2.19. The molecule has 1 unspecified atom stereocenters. The van der Waals surface area contributed by atoms with Gasteiger partial charge in [-0.2, -0.15) is 0 Å². The van der Waals surface area contributed by atoms with Crippen molar-refractivity contribution in [3.05, 3.63) is 0 Å². The second-order valence-electron chi connectivity index (χ2n) is 2.61. The van der Waals surface area contributed by atoms with Gasteiger partial charge in [0, 0.05) is 6.04 Å². The van der Waals surface area contributed by atoms with Gasteiger partial charge in [0.15, 0.2) is 6.29 Å². The Labute approximate surface area is 59.5 Å². The molecule has 1 saturated heterocycles. The first-order valence-corrected chi connectivity index (χ1v) is 3.49. The first-order valence-electron chi connectivity index (χ1n) is 3.49. The molecule has 0 aromatic carbocycles. The van der Waals surface area contributed by atoms with Gasteiger partial charge in [0.05, 0.1) is 0 Å². The van der Waals surface area contributed by atoms with Crippen LogP contribution in [0.3, 0.4) is 0 Å². The molecule has 4 heteroatoms. The molecule has 1 fully saturated rings. The molecule has 10 heavy (non-hydrogen) atoms. The standard InChI is InChI=1S/C6H13NO3/c8-5(6(9)10)4-2-1-3-7-4/h4-10H,1-3H2/t4-,5?/m0/s1. The van der Waals surface area contributed by atoms with Gasteiger partial charge >= 0.3 is 0 Å². The predicted octanol–water partition coefficient (Wildman–Crippen LogP) is -1.59. The zero-order valence-corrected chi connectivity index (χ0v) is 5.70. The summed E-state index contributed by atoms with van der Waals surface area (Å²) in [5.41, 5.74) is 0. The van der Waals surface area contributed by atoms with E-state index in [1.807, 2.05) is 0 Å². The van der Waals surface area contributed by atoms with Crippen molar-refractivity contribution in [1.29, 1.82) is 0 Å². The first-order chi connectivity index (χ1) is 4.72. The minimum atomic E-state index is -1.62. The van der Waals surface area contributed by atoms with Crippen LogP contribution in [0.15, 0.2) is 0 Å². The van der Waals surface area contributed by atoms with E-state index in [2.05, 4.69) is 5.32 Å². The Morgan fingerprint density at radius 2 is 2.00 bits per heavy atom. The summed E-state index contributed by atoms with van der Waals surface area (Å²) in [6.45, 7) is 0.856. The molecule has 0 aromatic rings. The fourth-order valence-electron chi connectivity index (χ4n) is 1.21. The highest BCUT2D eigenvalue weighted by Crippen LogP contribution is 2.10. The fourth-order valence-corrected chi connectivity index (χ4v) is 1.21. The molecular weight excluding hydrogens is 134 g/mol. The van der Waals surface area contributed by atoms with Crippen LogP contribution in [0, 0.1) is 0 Å². The van der Waals surface area contributed by atoms with Crippen LogP contribution in [-0.2, 0) is 0 Å². The topological polar surface area (TPSA) is 72.7 Å². The molecule has 1 rings (SSSR count). The maximum absolute atomic E-state index is 9.06. The van der Waals surface area contributed by atoms with E-state index in [9.17, 15) is 0 Å². The van der Waals surface area contributed by atoms with E-state index in [0.29, 0.717) is 0 Å². The summed E-state index contributed by atoms with van der Waals surface area (Å²) in [5.74, 6) is 0. The van der Waals surface area contributed by atoms with E-state index in [4.69, 9.17) is 15.3 Å². The van der Waals surface area contributed by atoms with Crippen molar-refractivity contribution in [1.82, 2.24) is 5.32 Å². The number of nitrogens with one attached hydrogen (secondary N) is 1. The summed E-state index contributed by atoms with van der Waals surface area (Å²) in [6, 6.07) is -0.139.